The van der Waals surface area contributed by atoms with Crippen molar-refractivity contribution in [2.24, 2.45) is 11.7 Å². The van der Waals surface area contributed by atoms with Crippen LogP contribution in [0.4, 0.5) is 0 Å². The minimum Gasteiger partial charge on any atom is -0.396 e. The Hall–Kier alpha value is -4.22. The molecule has 5 nitrogen and oxygen atoms in total. The third kappa shape index (κ3) is 10.0. The van der Waals surface area contributed by atoms with Gasteiger partial charge in [-0.15, -0.1) is 0 Å². The van der Waals surface area contributed by atoms with Crippen LogP contribution in [0.25, 0.3) is 11.1 Å². The number of amidine groups is 1. The van der Waals surface area contributed by atoms with Crippen molar-refractivity contribution in [1.82, 2.24) is 5.32 Å². The molecule has 0 bridgehead atoms. The lowest BCUT2D eigenvalue weighted by atomic mass is 9.88. The van der Waals surface area contributed by atoms with Gasteiger partial charge in [-0.05, 0) is 65.3 Å². The fourth-order valence-electron chi connectivity index (χ4n) is 4.74. The molecule has 5 heteroatoms. The summed E-state index contributed by atoms with van der Waals surface area (Å²) < 4.78 is 0. The van der Waals surface area contributed by atoms with Gasteiger partial charge >= 0.3 is 0 Å². The van der Waals surface area contributed by atoms with Crippen molar-refractivity contribution in [3.63, 3.8) is 0 Å². The molecule has 0 aliphatic carbocycles. The van der Waals surface area contributed by atoms with Crippen LogP contribution in [0, 0.1) is 11.3 Å². The van der Waals surface area contributed by atoms with Crippen LogP contribution in [-0.2, 0) is 19.3 Å². The molecule has 0 aromatic heterocycles. The van der Waals surface area contributed by atoms with Crippen LogP contribution in [-0.4, -0.2) is 29.5 Å². The lowest BCUT2D eigenvalue weighted by Crippen LogP contribution is -2.44. The summed E-state index contributed by atoms with van der Waals surface area (Å²) >= 11 is 0. The average molecular weight is 566 g/mol. The van der Waals surface area contributed by atoms with Crippen molar-refractivity contribution in [1.29, 1.82) is 5.41 Å². The second-order valence-corrected chi connectivity index (χ2v) is 9.66. The van der Waals surface area contributed by atoms with Crippen molar-refractivity contribution < 1.29 is 9.90 Å². The summed E-state index contributed by atoms with van der Waals surface area (Å²) in [5, 5.41) is 21.3. The lowest BCUT2D eigenvalue weighted by Gasteiger charge is -2.27. The summed E-state index contributed by atoms with van der Waals surface area (Å²) in [6, 6.07) is 33.3. The zero-order valence-electron chi connectivity index (χ0n) is 25.7. The first-order valence-corrected chi connectivity index (χ1v) is 15.0. The molecule has 0 spiro atoms. The van der Waals surface area contributed by atoms with E-state index >= 15 is 0 Å². The maximum Gasteiger partial charge on any atom is 0.251 e. The Labute approximate surface area is 252 Å². The molecule has 42 heavy (non-hydrogen) atoms. The topological polar surface area (TPSA) is 99.2 Å². The number of nitrogen functional groups attached to an aromatic ring is 1. The predicted octanol–water partition coefficient (Wildman–Crippen LogP) is 7.44. The van der Waals surface area contributed by atoms with E-state index in [1.807, 2.05) is 100 Å². The molecule has 0 saturated carbocycles. The minimum atomic E-state index is -0.295. The van der Waals surface area contributed by atoms with E-state index in [0.717, 1.165) is 28.7 Å². The Bertz CT molecular complexity index is 1370. The monoisotopic (exact) mass is 565 g/mol. The molecule has 0 aliphatic heterocycles. The van der Waals surface area contributed by atoms with Crippen LogP contribution < -0.4 is 11.1 Å². The van der Waals surface area contributed by atoms with Gasteiger partial charge in [0.05, 0.1) is 0 Å². The maximum atomic E-state index is 13.4. The molecule has 2 unspecified atom stereocenters. The SMILES string of the molecule is CC.CC.CCc1cccc(-c2ccc(C(=O)NC(Cc3ccccc3)C(CO)Cc3cccc(C(=N)N)c3)cc2)c1. The van der Waals surface area contributed by atoms with Gasteiger partial charge in [-0.25, -0.2) is 0 Å². The molecule has 4 rings (SSSR count). The standard InChI is InChI=1S/C33H35N3O2.2C2H6/c1-2-23-10-6-12-28(18-23)26-14-16-27(17-15-26)33(38)36-31(21-24-8-4-3-5-9-24)30(22-37)20-25-11-7-13-29(19-25)32(34)35;2*1-2/h3-19,30-31,37H,2,20-22H2,1H3,(H3,34,35)(H,36,38);2*1-2H3. The van der Waals surface area contributed by atoms with Crippen molar-refractivity contribution >= 4 is 11.7 Å². The van der Waals surface area contributed by atoms with Crippen molar-refractivity contribution in [2.75, 3.05) is 6.61 Å². The first-order valence-electron chi connectivity index (χ1n) is 15.0. The molecule has 4 aromatic carbocycles. The second-order valence-electron chi connectivity index (χ2n) is 9.66. The number of aliphatic hydroxyl groups is 1. The first-order chi connectivity index (χ1) is 20.5. The van der Waals surface area contributed by atoms with E-state index in [1.54, 1.807) is 6.07 Å². The van der Waals surface area contributed by atoms with Crippen LogP contribution >= 0.6 is 0 Å². The fourth-order valence-corrected chi connectivity index (χ4v) is 4.74. The Morgan fingerprint density at radius 1 is 0.738 bits per heavy atom. The van der Waals surface area contributed by atoms with Gasteiger partial charge < -0.3 is 16.2 Å². The number of aliphatic hydroxyl groups excluding tert-OH is 1. The van der Waals surface area contributed by atoms with Crippen LogP contribution in [0.2, 0.25) is 0 Å². The molecule has 0 aliphatic rings. The number of nitrogens with one attached hydrogen (secondary N) is 2. The quantitative estimate of drug-likeness (QED) is 0.112. The van der Waals surface area contributed by atoms with E-state index in [0.29, 0.717) is 24.0 Å². The zero-order valence-corrected chi connectivity index (χ0v) is 25.7. The molecule has 1 amide bonds. The van der Waals surface area contributed by atoms with E-state index in [-0.39, 0.29) is 30.3 Å². The van der Waals surface area contributed by atoms with E-state index in [4.69, 9.17) is 11.1 Å². The molecule has 0 radical (unpaired) electrons. The van der Waals surface area contributed by atoms with E-state index in [1.165, 1.54) is 5.56 Å². The lowest BCUT2D eigenvalue weighted by molar-refractivity contribution is 0.0903. The van der Waals surface area contributed by atoms with Gasteiger partial charge in [0.15, 0.2) is 0 Å². The Kier molecular flexibility index (Phi) is 14.8. The van der Waals surface area contributed by atoms with Gasteiger partial charge in [-0.1, -0.05) is 120 Å². The summed E-state index contributed by atoms with van der Waals surface area (Å²) in [5.41, 5.74) is 12.4. The highest BCUT2D eigenvalue weighted by Gasteiger charge is 2.24. The predicted molar refractivity (Wildman–Crippen MR) is 177 cm³/mol. The van der Waals surface area contributed by atoms with E-state index in [9.17, 15) is 9.90 Å². The minimum absolute atomic E-state index is 0.00593. The van der Waals surface area contributed by atoms with Crippen LogP contribution in [0.1, 0.15) is 67.2 Å². The number of carbonyl (C=O) groups excluding carboxylic acids is 1. The molecule has 2 atom stereocenters. The third-order valence-electron chi connectivity index (χ3n) is 6.97. The molecule has 5 N–H and O–H groups in total. The Morgan fingerprint density at radius 3 is 1.98 bits per heavy atom. The fraction of sp³-hybridized carbons (Fsp3) is 0.297. The van der Waals surface area contributed by atoms with E-state index in [2.05, 4.69) is 36.5 Å². The van der Waals surface area contributed by atoms with Crippen LogP contribution in [0.3, 0.4) is 0 Å². The second kappa shape index (κ2) is 18.3. The van der Waals surface area contributed by atoms with E-state index < -0.39 is 0 Å². The summed E-state index contributed by atoms with van der Waals surface area (Å²) in [6.07, 6.45) is 2.11. The van der Waals surface area contributed by atoms with Gasteiger partial charge in [0, 0.05) is 29.7 Å². The molecular formula is C37H47N3O2. The van der Waals surface area contributed by atoms with Gasteiger partial charge in [0.25, 0.3) is 5.91 Å². The van der Waals surface area contributed by atoms with Gasteiger partial charge in [-0.3, -0.25) is 10.2 Å². The number of rotatable bonds is 11. The van der Waals surface area contributed by atoms with Crippen molar-refractivity contribution in [3.05, 3.63) is 131 Å². The highest BCUT2D eigenvalue weighted by Crippen LogP contribution is 2.22. The molecule has 0 saturated heterocycles. The highest BCUT2D eigenvalue weighted by atomic mass is 16.3. The molecule has 222 valence electrons. The molecule has 0 fully saturated rings. The zero-order chi connectivity index (χ0) is 30.9. The maximum absolute atomic E-state index is 13.4. The largest absolute Gasteiger partial charge is 0.396 e. The summed E-state index contributed by atoms with van der Waals surface area (Å²) in [7, 11) is 0. The average Bonchev–Trinajstić information content (AvgIpc) is 3.06. The van der Waals surface area contributed by atoms with Crippen LogP contribution in [0.15, 0.2) is 103 Å². The third-order valence-corrected chi connectivity index (χ3v) is 6.97. The Morgan fingerprint density at radius 2 is 1.36 bits per heavy atom. The summed E-state index contributed by atoms with van der Waals surface area (Å²) in [6.45, 7) is 10.0. The van der Waals surface area contributed by atoms with Gasteiger partial charge in [-0.2, -0.15) is 0 Å². The molecular weight excluding hydrogens is 518 g/mol. The highest BCUT2D eigenvalue weighted by molar-refractivity contribution is 5.95. The number of nitrogens with two attached hydrogens (primary N) is 1. The first kappa shape index (κ1) is 34.0. The number of amides is 1. The van der Waals surface area contributed by atoms with Gasteiger partial charge in [0.2, 0.25) is 0 Å². The number of benzene rings is 4. The van der Waals surface area contributed by atoms with Crippen molar-refractivity contribution in [3.8, 4) is 11.1 Å². The normalized spacial score (nSPS) is 11.6. The Balaban J connectivity index is 0.00000148. The summed E-state index contributed by atoms with van der Waals surface area (Å²) in [5.74, 6) is -0.389. The van der Waals surface area contributed by atoms with Gasteiger partial charge in [0.1, 0.15) is 5.84 Å². The van der Waals surface area contributed by atoms with Crippen LogP contribution in [0.5, 0.6) is 0 Å². The molecule has 4 aromatic rings. The molecule has 0 heterocycles. The number of hydrogen-bond donors (Lipinski definition) is 4. The number of carbonyl (C=O) groups is 1. The summed E-state index contributed by atoms with van der Waals surface area (Å²) in [4.78, 5) is 13.4. The number of aryl methyl sites for hydroxylation is 1. The smallest absolute Gasteiger partial charge is 0.251 e. The van der Waals surface area contributed by atoms with Crippen molar-refractivity contribution in [2.45, 2.75) is 59.9 Å². The number of hydrogen-bond acceptors (Lipinski definition) is 3.